The first kappa shape index (κ1) is 15.5. The van der Waals surface area contributed by atoms with Crippen molar-refractivity contribution in [3.8, 4) is 0 Å². The summed E-state index contributed by atoms with van der Waals surface area (Å²) < 4.78 is 4.68. The molecule has 110 valence electrons. The molecule has 0 saturated carbocycles. The van der Waals surface area contributed by atoms with Crippen molar-refractivity contribution in [1.82, 2.24) is 5.32 Å². The Morgan fingerprint density at radius 1 is 1.24 bits per heavy atom. The molecule has 2 aromatic carbocycles. The number of esters is 1. The number of benzene rings is 2. The number of halogens is 1. The molecule has 2 aromatic rings. The second kappa shape index (κ2) is 7.25. The Kier molecular flexibility index (Phi) is 5.37. The Balaban J connectivity index is 1.95. The number of methoxy groups -OCH3 is 1. The molecule has 0 saturated heterocycles. The van der Waals surface area contributed by atoms with Gasteiger partial charge in [0.2, 0.25) is 0 Å². The van der Waals surface area contributed by atoms with Gasteiger partial charge in [0, 0.05) is 17.6 Å². The van der Waals surface area contributed by atoms with Gasteiger partial charge in [-0.15, -0.1) is 0 Å². The van der Waals surface area contributed by atoms with Crippen LogP contribution in [-0.4, -0.2) is 13.1 Å². The maximum Gasteiger partial charge on any atom is 0.337 e. The van der Waals surface area contributed by atoms with Crippen molar-refractivity contribution in [1.29, 1.82) is 0 Å². The molecule has 4 heteroatoms. The van der Waals surface area contributed by atoms with E-state index in [1.54, 1.807) is 12.1 Å². The standard InChI is InChI=1S/C17H18ClNO2/c1-12(15-4-3-5-16(18)10-15)19-11-13-6-8-14(9-7-13)17(20)21-2/h3-10,12,19H,11H2,1-2H3. The van der Waals surface area contributed by atoms with Crippen LogP contribution in [0.1, 0.15) is 34.5 Å². The lowest BCUT2D eigenvalue weighted by molar-refractivity contribution is 0.0600. The summed E-state index contributed by atoms with van der Waals surface area (Å²) in [4.78, 5) is 11.4. The Morgan fingerprint density at radius 2 is 1.95 bits per heavy atom. The Bertz CT molecular complexity index is 610. The highest BCUT2D eigenvalue weighted by molar-refractivity contribution is 6.30. The zero-order chi connectivity index (χ0) is 15.2. The summed E-state index contributed by atoms with van der Waals surface area (Å²) in [6, 6.07) is 15.4. The first-order valence-corrected chi connectivity index (χ1v) is 7.14. The van der Waals surface area contributed by atoms with Gasteiger partial charge in [-0.25, -0.2) is 4.79 Å². The van der Waals surface area contributed by atoms with Crippen LogP contribution in [0, 0.1) is 0 Å². The van der Waals surface area contributed by atoms with Crippen molar-refractivity contribution in [2.45, 2.75) is 19.5 Å². The lowest BCUT2D eigenvalue weighted by atomic mass is 10.1. The molecule has 0 bridgehead atoms. The molecule has 2 rings (SSSR count). The van der Waals surface area contributed by atoms with Crippen LogP contribution < -0.4 is 5.32 Å². The van der Waals surface area contributed by atoms with Crippen LogP contribution in [0.5, 0.6) is 0 Å². The minimum absolute atomic E-state index is 0.198. The summed E-state index contributed by atoms with van der Waals surface area (Å²) in [5.74, 6) is -0.318. The molecule has 0 aliphatic carbocycles. The molecule has 0 aliphatic rings. The van der Waals surface area contributed by atoms with Crippen LogP contribution in [0.2, 0.25) is 5.02 Å². The summed E-state index contributed by atoms with van der Waals surface area (Å²) in [6.07, 6.45) is 0. The van der Waals surface area contributed by atoms with E-state index in [1.165, 1.54) is 7.11 Å². The quantitative estimate of drug-likeness (QED) is 0.849. The van der Waals surface area contributed by atoms with Crippen molar-refractivity contribution in [2.24, 2.45) is 0 Å². The highest BCUT2D eigenvalue weighted by Gasteiger charge is 2.07. The van der Waals surface area contributed by atoms with Gasteiger partial charge in [0.25, 0.3) is 0 Å². The van der Waals surface area contributed by atoms with E-state index >= 15 is 0 Å². The molecule has 0 heterocycles. The van der Waals surface area contributed by atoms with E-state index in [0.717, 1.165) is 22.7 Å². The van der Waals surface area contributed by atoms with Gasteiger partial charge in [-0.05, 0) is 42.3 Å². The summed E-state index contributed by atoms with van der Waals surface area (Å²) in [5, 5.41) is 4.17. The van der Waals surface area contributed by atoms with Crippen LogP contribution in [0.25, 0.3) is 0 Å². The van der Waals surface area contributed by atoms with E-state index in [1.807, 2.05) is 36.4 Å². The average Bonchev–Trinajstić information content (AvgIpc) is 2.52. The van der Waals surface area contributed by atoms with E-state index < -0.39 is 0 Å². The Hall–Kier alpha value is -1.84. The van der Waals surface area contributed by atoms with Gasteiger partial charge in [0.05, 0.1) is 12.7 Å². The van der Waals surface area contributed by atoms with Crippen LogP contribution in [0.3, 0.4) is 0 Å². The fourth-order valence-corrected chi connectivity index (χ4v) is 2.24. The van der Waals surface area contributed by atoms with E-state index in [4.69, 9.17) is 11.6 Å². The summed E-state index contributed by atoms with van der Waals surface area (Å²) >= 11 is 6.00. The lowest BCUT2D eigenvalue weighted by Crippen LogP contribution is -2.18. The van der Waals surface area contributed by atoms with Gasteiger partial charge >= 0.3 is 5.97 Å². The second-order valence-electron chi connectivity index (χ2n) is 4.85. The number of ether oxygens (including phenoxy) is 1. The predicted octanol–water partition coefficient (Wildman–Crippen LogP) is 3.98. The number of carbonyl (C=O) groups excluding carboxylic acids is 1. The average molecular weight is 304 g/mol. The molecule has 0 aromatic heterocycles. The molecule has 1 N–H and O–H groups in total. The third kappa shape index (κ3) is 4.31. The van der Waals surface area contributed by atoms with Crippen LogP contribution in [0.15, 0.2) is 48.5 Å². The van der Waals surface area contributed by atoms with Gasteiger partial charge in [0.1, 0.15) is 0 Å². The third-order valence-electron chi connectivity index (χ3n) is 3.34. The van der Waals surface area contributed by atoms with Crippen molar-refractivity contribution in [3.63, 3.8) is 0 Å². The fraction of sp³-hybridized carbons (Fsp3) is 0.235. The van der Waals surface area contributed by atoms with Gasteiger partial charge in [-0.2, -0.15) is 0 Å². The molecule has 0 radical (unpaired) electrons. The molecule has 1 unspecified atom stereocenters. The van der Waals surface area contributed by atoms with Gasteiger partial charge < -0.3 is 10.1 Å². The van der Waals surface area contributed by atoms with Crippen LogP contribution in [0.4, 0.5) is 0 Å². The summed E-state index contributed by atoms with van der Waals surface area (Å²) in [5.41, 5.74) is 2.81. The van der Waals surface area contributed by atoms with E-state index in [9.17, 15) is 4.79 Å². The molecule has 0 spiro atoms. The second-order valence-corrected chi connectivity index (χ2v) is 5.28. The Morgan fingerprint density at radius 3 is 2.57 bits per heavy atom. The Labute approximate surface area is 129 Å². The topological polar surface area (TPSA) is 38.3 Å². The predicted molar refractivity (Wildman–Crippen MR) is 84.5 cm³/mol. The highest BCUT2D eigenvalue weighted by Crippen LogP contribution is 2.18. The van der Waals surface area contributed by atoms with Crippen molar-refractivity contribution in [2.75, 3.05) is 7.11 Å². The molecular formula is C17H18ClNO2. The first-order valence-electron chi connectivity index (χ1n) is 6.76. The zero-order valence-corrected chi connectivity index (χ0v) is 12.9. The monoisotopic (exact) mass is 303 g/mol. The smallest absolute Gasteiger partial charge is 0.337 e. The maximum absolute atomic E-state index is 11.4. The molecular weight excluding hydrogens is 286 g/mol. The number of nitrogens with one attached hydrogen (secondary N) is 1. The fourth-order valence-electron chi connectivity index (χ4n) is 2.04. The number of rotatable bonds is 5. The molecule has 1 atom stereocenters. The lowest BCUT2D eigenvalue weighted by Gasteiger charge is -2.14. The molecule has 3 nitrogen and oxygen atoms in total. The van der Waals surface area contributed by atoms with E-state index in [2.05, 4.69) is 17.0 Å². The minimum Gasteiger partial charge on any atom is -0.465 e. The summed E-state index contributed by atoms with van der Waals surface area (Å²) in [7, 11) is 1.38. The number of hydrogen-bond acceptors (Lipinski definition) is 3. The van der Waals surface area contributed by atoms with E-state index in [-0.39, 0.29) is 12.0 Å². The normalized spacial score (nSPS) is 12.0. The van der Waals surface area contributed by atoms with Crippen molar-refractivity contribution >= 4 is 17.6 Å². The molecule has 21 heavy (non-hydrogen) atoms. The zero-order valence-electron chi connectivity index (χ0n) is 12.1. The largest absolute Gasteiger partial charge is 0.465 e. The molecule has 0 fully saturated rings. The van der Waals surface area contributed by atoms with Gasteiger partial charge in [0.15, 0.2) is 0 Å². The van der Waals surface area contributed by atoms with Gasteiger partial charge in [-0.3, -0.25) is 0 Å². The number of carbonyl (C=O) groups is 1. The van der Waals surface area contributed by atoms with Gasteiger partial charge in [-0.1, -0.05) is 35.9 Å². The van der Waals surface area contributed by atoms with E-state index in [0.29, 0.717) is 5.56 Å². The first-order chi connectivity index (χ1) is 10.1. The summed E-state index contributed by atoms with van der Waals surface area (Å²) in [6.45, 7) is 2.81. The van der Waals surface area contributed by atoms with Crippen LogP contribution >= 0.6 is 11.6 Å². The minimum atomic E-state index is -0.318. The maximum atomic E-state index is 11.4. The SMILES string of the molecule is COC(=O)c1ccc(CNC(C)c2cccc(Cl)c2)cc1. The highest BCUT2D eigenvalue weighted by atomic mass is 35.5. The van der Waals surface area contributed by atoms with Crippen molar-refractivity contribution in [3.05, 3.63) is 70.2 Å². The van der Waals surface area contributed by atoms with Crippen molar-refractivity contribution < 1.29 is 9.53 Å². The third-order valence-corrected chi connectivity index (χ3v) is 3.57. The van der Waals surface area contributed by atoms with Crippen LogP contribution in [-0.2, 0) is 11.3 Å². The number of hydrogen-bond donors (Lipinski definition) is 1. The molecule has 0 aliphatic heterocycles. The molecule has 0 amide bonds.